The molecule has 0 fully saturated rings. The summed E-state index contributed by atoms with van der Waals surface area (Å²) in [5.41, 5.74) is 2.36. The largest absolute Gasteiger partial charge is 0.344 e. The minimum absolute atomic E-state index is 0.213. The van der Waals surface area contributed by atoms with Crippen LogP contribution < -0.4 is 4.72 Å². The van der Waals surface area contributed by atoms with Crippen LogP contribution in [0.15, 0.2) is 53.8 Å². The lowest BCUT2D eigenvalue weighted by atomic mass is 10.2. The Kier molecular flexibility index (Phi) is 3.48. The highest BCUT2D eigenvalue weighted by Gasteiger charge is 2.20. The van der Waals surface area contributed by atoms with E-state index >= 15 is 0 Å². The Hall–Kier alpha value is -2.18. The minimum Gasteiger partial charge on any atom is -0.344 e. The summed E-state index contributed by atoms with van der Waals surface area (Å²) in [6.45, 7) is 2.02. The summed E-state index contributed by atoms with van der Waals surface area (Å²) in [7, 11) is -3.58. The molecular weight excluding hydrogens is 286 g/mol. The molecular formula is C15H15N3O2S. The van der Waals surface area contributed by atoms with Crippen molar-refractivity contribution in [3.8, 4) is 0 Å². The van der Waals surface area contributed by atoms with Crippen LogP contribution in [0.25, 0.3) is 10.9 Å². The van der Waals surface area contributed by atoms with E-state index in [1.165, 1.54) is 0 Å². The van der Waals surface area contributed by atoms with Crippen LogP contribution in [-0.2, 0) is 16.6 Å². The number of pyridine rings is 1. The lowest BCUT2D eigenvalue weighted by molar-refractivity contribution is 0.577. The van der Waals surface area contributed by atoms with Gasteiger partial charge in [0, 0.05) is 29.8 Å². The molecule has 0 unspecified atom stereocenters. The maximum absolute atomic E-state index is 12.4. The van der Waals surface area contributed by atoms with Crippen LogP contribution in [0.1, 0.15) is 11.1 Å². The molecule has 0 saturated carbocycles. The average molecular weight is 301 g/mol. The van der Waals surface area contributed by atoms with Crippen LogP contribution >= 0.6 is 0 Å². The third-order valence-corrected chi connectivity index (χ3v) is 4.85. The summed E-state index contributed by atoms with van der Waals surface area (Å²) in [4.78, 5) is 6.94. The number of aromatic nitrogens is 2. The fourth-order valence-corrected chi connectivity index (χ4v) is 3.54. The first-order valence-corrected chi connectivity index (χ1v) is 8.02. The first-order chi connectivity index (χ1) is 10.1. The second kappa shape index (κ2) is 5.31. The van der Waals surface area contributed by atoms with Gasteiger partial charge < -0.3 is 4.98 Å². The molecule has 0 bridgehead atoms. The molecule has 0 saturated heterocycles. The molecule has 0 aliphatic carbocycles. The highest BCUT2D eigenvalue weighted by Crippen LogP contribution is 2.24. The van der Waals surface area contributed by atoms with E-state index in [1.54, 1.807) is 25.4 Å². The van der Waals surface area contributed by atoms with Crippen molar-refractivity contribution in [2.45, 2.75) is 18.5 Å². The Morgan fingerprint density at radius 3 is 2.71 bits per heavy atom. The maximum atomic E-state index is 12.4. The number of rotatable bonds is 4. The molecule has 2 heterocycles. The maximum Gasteiger partial charge on any atom is 0.256 e. The third kappa shape index (κ3) is 2.68. The normalized spacial score (nSPS) is 11.9. The third-order valence-electron chi connectivity index (χ3n) is 3.38. The fraction of sp³-hybridized carbons (Fsp3) is 0.133. The number of nitrogens with one attached hydrogen (secondary N) is 2. The van der Waals surface area contributed by atoms with Crippen molar-refractivity contribution in [1.82, 2.24) is 14.7 Å². The van der Waals surface area contributed by atoms with Gasteiger partial charge in [-0.25, -0.2) is 13.1 Å². The predicted molar refractivity (Wildman–Crippen MR) is 81.3 cm³/mol. The molecule has 2 aromatic heterocycles. The lowest BCUT2D eigenvalue weighted by Crippen LogP contribution is -2.24. The summed E-state index contributed by atoms with van der Waals surface area (Å²) in [6, 6.07) is 11.1. The van der Waals surface area contributed by atoms with Gasteiger partial charge >= 0.3 is 0 Å². The Bertz CT molecular complexity index is 870. The monoisotopic (exact) mass is 301 g/mol. The number of para-hydroxylation sites is 1. The number of benzene rings is 1. The van der Waals surface area contributed by atoms with Gasteiger partial charge in [-0.1, -0.05) is 24.3 Å². The Morgan fingerprint density at radius 1 is 1.19 bits per heavy atom. The van der Waals surface area contributed by atoms with E-state index in [1.807, 2.05) is 30.3 Å². The van der Waals surface area contributed by atoms with Gasteiger partial charge in [0.05, 0.1) is 0 Å². The topological polar surface area (TPSA) is 74.8 Å². The van der Waals surface area contributed by atoms with Gasteiger partial charge in [-0.05, 0) is 30.2 Å². The van der Waals surface area contributed by atoms with Crippen LogP contribution in [0.4, 0.5) is 0 Å². The Labute approximate surface area is 123 Å². The first kappa shape index (κ1) is 13.8. The first-order valence-electron chi connectivity index (χ1n) is 6.54. The second-order valence-electron chi connectivity index (χ2n) is 4.81. The van der Waals surface area contributed by atoms with Crippen LogP contribution in [-0.4, -0.2) is 18.4 Å². The van der Waals surface area contributed by atoms with E-state index in [0.29, 0.717) is 0 Å². The molecule has 0 aliphatic heterocycles. The van der Waals surface area contributed by atoms with E-state index in [2.05, 4.69) is 14.7 Å². The summed E-state index contributed by atoms with van der Waals surface area (Å²) in [5.74, 6) is 0. The zero-order valence-corrected chi connectivity index (χ0v) is 12.3. The van der Waals surface area contributed by atoms with Crippen molar-refractivity contribution >= 4 is 20.9 Å². The number of hydrogen-bond donors (Lipinski definition) is 2. The molecule has 6 heteroatoms. The molecule has 0 aliphatic rings. The molecule has 0 spiro atoms. The molecule has 108 valence electrons. The number of aryl methyl sites for hydroxylation is 1. The van der Waals surface area contributed by atoms with E-state index < -0.39 is 10.0 Å². The number of H-pyrrole nitrogens is 1. The molecule has 1 aromatic carbocycles. The Morgan fingerprint density at radius 2 is 2.00 bits per heavy atom. The van der Waals surface area contributed by atoms with Crippen LogP contribution in [0.2, 0.25) is 0 Å². The predicted octanol–water partition coefficient (Wildman–Crippen LogP) is 2.35. The number of fused-ring (bicyclic) bond motifs is 1. The minimum atomic E-state index is -3.58. The standard InChI is InChI=1S/C15H15N3O2S/c1-11-13-6-2-3-7-14(13)18-15(11)21(19,20)17-10-12-5-4-8-16-9-12/h2-9,17-18H,10H2,1H3. The summed E-state index contributed by atoms with van der Waals surface area (Å²) in [6.07, 6.45) is 3.29. The van der Waals surface area contributed by atoms with E-state index in [9.17, 15) is 8.42 Å². The number of hydrogen-bond acceptors (Lipinski definition) is 3. The summed E-state index contributed by atoms with van der Waals surface area (Å²) >= 11 is 0. The van der Waals surface area contributed by atoms with Crippen molar-refractivity contribution in [3.05, 3.63) is 59.9 Å². The Balaban J connectivity index is 1.91. The smallest absolute Gasteiger partial charge is 0.256 e. The molecule has 0 radical (unpaired) electrons. The van der Waals surface area contributed by atoms with Gasteiger partial charge in [-0.2, -0.15) is 0 Å². The van der Waals surface area contributed by atoms with Gasteiger partial charge in [0.15, 0.2) is 5.03 Å². The van der Waals surface area contributed by atoms with Crippen LogP contribution in [0, 0.1) is 6.92 Å². The van der Waals surface area contributed by atoms with E-state index in [0.717, 1.165) is 22.0 Å². The molecule has 5 nitrogen and oxygen atoms in total. The molecule has 0 amide bonds. The van der Waals surface area contributed by atoms with Crippen molar-refractivity contribution < 1.29 is 8.42 Å². The average Bonchev–Trinajstić information content (AvgIpc) is 2.85. The zero-order chi connectivity index (χ0) is 14.9. The van der Waals surface area contributed by atoms with Crippen LogP contribution in [0.3, 0.4) is 0 Å². The highest BCUT2D eigenvalue weighted by molar-refractivity contribution is 7.89. The molecule has 2 N–H and O–H groups in total. The summed E-state index contributed by atoms with van der Waals surface area (Å²) < 4.78 is 27.5. The van der Waals surface area contributed by atoms with Gasteiger partial charge in [0.1, 0.15) is 0 Å². The van der Waals surface area contributed by atoms with E-state index in [4.69, 9.17) is 0 Å². The van der Waals surface area contributed by atoms with Gasteiger partial charge in [0.2, 0.25) is 0 Å². The number of sulfonamides is 1. The van der Waals surface area contributed by atoms with Crippen LogP contribution in [0.5, 0.6) is 0 Å². The van der Waals surface area contributed by atoms with Crippen molar-refractivity contribution in [3.63, 3.8) is 0 Å². The lowest BCUT2D eigenvalue weighted by Gasteiger charge is -2.06. The molecule has 21 heavy (non-hydrogen) atoms. The zero-order valence-electron chi connectivity index (χ0n) is 11.5. The van der Waals surface area contributed by atoms with Gasteiger partial charge in [-0.3, -0.25) is 4.98 Å². The van der Waals surface area contributed by atoms with Crippen molar-refractivity contribution in [2.24, 2.45) is 0 Å². The van der Waals surface area contributed by atoms with Crippen molar-refractivity contribution in [2.75, 3.05) is 0 Å². The van der Waals surface area contributed by atoms with E-state index in [-0.39, 0.29) is 11.6 Å². The van der Waals surface area contributed by atoms with Gasteiger partial charge in [0.25, 0.3) is 10.0 Å². The number of nitrogens with zero attached hydrogens (tertiary/aromatic N) is 1. The SMILES string of the molecule is Cc1c(S(=O)(=O)NCc2cccnc2)[nH]c2ccccc12. The summed E-state index contributed by atoms with van der Waals surface area (Å²) in [5, 5.41) is 1.13. The second-order valence-corrected chi connectivity index (χ2v) is 6.51. The molecule has 3 aromatic rings. The number of aromatic amines is 1. The fourth-order valence-electron chi connectivity index (χ4n) is 2.28. The quantitative estimate of drug-likeness (QED) is 0.776. The van der Waals surface area contributed by atoms with Gasteiger partial charge in [-0.15, -0.1) is 0 Å². The molecule has 0 atom stereocenters. The molecule has 3 rings (SSSR count). The van der Waals surface area contributed by atoms with Crippen molar-refractivity contribution in [1.29, 1.82) is 0 Å². The highest BCUT2D eigenvalue weighted by atomic mass is 32.2.